The van der Waals surface area contributed by atoms with Crippen molar-refractivity contribution in [1.82, 2.24) is 10.2 Å². The van der Waals surface area contributed by atoms with Crippen molar-refractivity contribution in [3.05, 3.63) is 74.8 Å². The number of benzene rings is 2. The highest BCUT2D eigenvalue weighted by atomic mass is 35.5. The highest BCUT2D eigenvalue weighted by Gasteiger charge is 2.23. The van der Waals surface area contributed by atoms with Crippen molar-refractivity contribution in [3.8, 4) is 0 Å². The van der Waals surface area contributed by atoms with Crippen LogP contribution in [-0.4, -0.2) is 42.7 Å². The van der Waals surface area contributed by atoms with Crippen molar-refractivity contribution in [2.24, 2.45) is 0 Å². The molecule has 0 radical (unpaired) electrons. The maximum absolute atomic E-state index is 11.2. The summed E-state index contributed by atoms with van der Waals surface area (Å²) in [6.07, 6.45) is 0. The molecule has 0 aliphatic carbocycles. The van der Waals surface area contributed by atoms with Crippen LogP contribution < -0.4 is 5.32 Å². The van der Waals surface area contributed by atoms with Gasteiger partial charge in [0, 0.05) is 48.9 Å². The minimum Gasteiger partial charge on any atom is -0.379 e. The summed E-state index contributed by atoms with van der Waals surface area (Å²) in [6.45, 7) is 4.24. The molecule has 1 heterocycles. The molecule has 1 aliphatic rings. The molecule has 0 aromatic heterocycles. The predicted octanol–water partition coefficient (Wildman–Crippen LogP) is 3.41. The first-order chi connectivity index (χ1) is 12.6. The maximum Gasteiger partial charge on any atom is 0.273 e. The van der Waals surface area contributed by atoms with E-state index in [4.69, 9.17) is 16.3 Å². The first-order valence-corrected chi connectivity index (χ1v) is 9.03. The summed E-state index contributed by atoms with van der Waals surface area (Å²) in [7, 11) is 0. The van der Waals surface area contributed by atoms with Crippen LogP contribution in [0, 0.1) is 10.1 Å². The maximum atomic E-state index is 11.2. The third-order valence-electron chi connectivity index (χ3n) is 4.56. The predicted molar refractivity (Wildman–Crippen MR) is 101 cm³/mol. The normalized spacial score (nSPS) is 16.3. The van der Waals surface area contributed by atoms with E-state index in [2.05, 4.69) is 16.3 Å². The lowest BCUT2D eigenvalue weighted by atomic mass is 10.0. The minimum atomic E-state index is -0.340. The second-order valence-electron chi connectivity index (χ2n) is 6.24. The number of nitro groups is 1. The summed E-state index contributed by atoms with van der Waals surface area (Å²) in [5.74, 6) is 0. The van der Waals surface area contributed by atoms with Crippen LogP contribution in [0.5, 0.6) is 0 Å². The second kappa shape index (κ2) is 9.09. The van der Waals surface area contributed by atoms with Gasteiger partial charge in [0.2, 0.25) is 0 Å². The third kappa shape index (κ3) is 4.80. The molecule has 1 N–H and O–H groups in total. The van der Waals surface area contributed by atoms with E-state index in [0.717, 1.165) is 18.7 Å². The molecule has 3 rings (SSSR count). The summed E-state index contributed by atoms with van der Waals surface area (Å²) in [5.41, 5.74) is 1.96. The molecule has 0 spiro atoms. The zero-order valence-corrected chi connectivity index (χ0v) is 15.2. The number of ether oxygens (including phenoxy) is 1. The van der Waals surface area contributed by atoms with Gasteiger partial charge in [-0.25, -0.2) is 0 Å². The van der Waals surface area contributed by atoms with Crippen molar-refractivity contribution in [3.63, 3.8) is 0 Å². The van der Waals surface area contributed by atoms with Crippen LogP contribution in [0.25, 0.3) is 0 Å². The molecule has 0 saturated carbocycles. The Bertz CT molecular complexity index is 750. The Labute approximate surface area is 157 Å². The van der Waals surface area contributed by atoms with Crippen molar-refractivity contribution in [2.45, 2.75) is 12.6 Å². The number of para-hydroxylation sites is 1. The van der Waals surface area contributed by atoms with Crippen LogP contribution in [0.2, 0.25) is 5.02 Å². The van der Waals surface area contributed by atoms with E-state index in [1.54, 1.807) is 12.1 Å². The van der Waals surface area contributed by atoms with Crippen LogP contribution in [0.4, 0.5) is 5.69 Å². The van der Waals surface area contributed by atoms with E-state index < -0.39 is 0 Å². The van der Waals surface area contributed by atoms with Gasteiger partial charge >= 0.3 is 0 Å². The third-order valence-corrected chi connectivity index (χ3v) is 4.80. The minimum absolute atomic E-state index is 0.139. The van der Waals surface area contributed by atoms with Crippen LogP contribution >= 0.6 is 11.6 Å². The molecule has 2 aromatic carbocycles. The molecule has 1 aliphatic heterocycles. The van der Waals surface area contributed by atoms with E-state index in [9.17, 15) is 10.1 Å². The molecular formula is C19H22ClN3O3. The number of nitrogens with one attached hydrogen (secondary N) is 1. The quantitative estimate of drug-likeness (QED) is 0.593. The fraction of sp³-hybridized carbons (Fsp3) is 0.368. The van der Waals surface area contributed by atoms with Gasteiger partial charge in [-0.15, -0.1) is 0 Å². The molecule has 1 unspecified atom stereocenters. The molecule has 7 heteroatoms. The summed E-state index contributed by atoms with van der Waals surface area (Å²) in [5, 5.41) is 15.3. The smallest absolute Gasteiger partial charge is 0.273 e. The Morgan fingerprint density at radius 1 is 1.19 bits per heavy atom. The van der Waals surface area contributed by atoms with Gasteiger partial charge in [-0.2, -0.15) is 0 Å². The number of hydrogen-bond acceptors (Lipinski definition) is 5. The molecule has 0 bridgehead atoms. The van der Waals surface area contributed by atoms with Gasteiger partial charge in [0.05, 0.1) is 18.1 Å². The summed E-state index contributed by atoms with van der Waals surface area (Å²) < 4.78 is 5.46. The first-order valence-electron chi connectivity index (χ1n) is 8.65. The largest absolute Gasteiger partial charge is 0.379 e. The van der Waals surface area contributed by atoms with Gasteiger partial charge in [0.25, 0.3) is 5.69 Å². The highest BCUT2D eigenvalue weighted by Crippen LogP contribution is 2.24. The molecule has 138 valence electrons. The summed E-state index contributed by atoms with van der Waals surface area (Å²) >= 11 is 6.17. The number of rotatable bonds is 7. The van der Waals surface area contributed by atoms with E-state index in [-0.39, 0.29) is 16.7 Å². The Kier molecular flexibility index (Phi) is 6.57. The topological polar surface area (TPSA) is 67.6 Å². The van der Waals surface area contributed by atoms with Crippen molar-refractivity contribution in [1.29, 1.82) is 0 Å². The van der Waals surface area contributed by atoms with Crippen LogP contribution in [0.15, 0.2) is 48.5 Å². The molecule has 1 saturated heterocycles. The number of morpholine rings is 1. The molecule has 0 amide bonds. The van der Waals surface area contributed by atoms with Crippen molar-refractivity contribution < 1.29 is 9.66 Å². The number of nitro benzene ring substituents is 1. The summed E-state index contributed by atoms with van der Waals surface area (Å²) in [4.78, 5) is 13.2. The highest BCUT2D eigenvalue weighted by molar-refractivity contribution is 6.30. The molecule has 1 atom stereocenters. The van der Waals surface area contributed by atoms with Crippen LogP contribution in [-0.2, 0) is 11.3 Å². The number of halogens is 1. The molecule has 1 fully saturated rings. The fourth-order valence-corrected chi connectivity index (χ4v) is 3.44. The molecule has 6 nitrogen and oxygen atoms in total. The van der Waals surface area contributed by atoms with Crippen LogP contribution in [0.1, 0.15) is 17.2 Å². The van der Waals surface area contributed by atoms with E-state index in [0.29, 0.717) is 36.9 Å². The lowest BCUT2D eigenvalue weighted by molar-refractivity contribution is -0.385. The average molecular weight is 376 g/mol. The lowest BCUT2D eigenvalue weighted by Gasteiger charge is -2.35. The van der Waals surface area contributed by atoms with Gasteiger partial charge < -0.3 is 10.1 Å². The van der Waals surface area contributed by atoms with Gasteiger partial charge in [-0.05, 0) is 17.7 Å². The van der Waals surface area contributed by atoms with Gasteiger partial charge in [-0.1, -0.05) is 41.9 Å². The molecule has 2 aromatic rings. The SMILES string of the molecule is O=[N+]([O-])c1ccccc1CNCC(c1cccc(Cl)c1)N1CCOCC1. The monoisotopic (exact) mass is 375 g/mol. The standard InChI is InChI=1S/C19H22ClN3O3/c20-17-6-3-5-15(12-17)19(22-8-10-26-11-9-22)14-21-13-16-4-1-2-7-18(16)23(24)25/h1-7,12,19,21H,8-11,13-14H2. The Morgan fingerprint density at radius 3 is 2.69 bits per heavy atom. The van der Waals surface area contributed by atoms with Gasteiger partial charge in [-0.3, -0.25) is 15.0 Å². The van der Waals surface area contributed by atoms with E-state index in [1.165, 1.54) is 6.07 Å². The van der Waals surface area contributed by atoms with Gasteiger partial charge in [0.15, 0.2) is 0 Å². The van der Waals surface area contributed by atoms with E-state index in [1.807, 2.05) is 24.3 Å². The fourth-order valence-electron chi connectivity index (χ4n) is 3.24. The molecule has 26 heavy (non-hydrogen) atoms. The first kappa shape index (κ1) is 18.8. The lowest BCUT2D eigenvalue weighted by Crippen LogP contribution is -2.42. The number of hydrogen-bond donors (Lipinski definition) is 1. The van der Waals surface area contributed by atoms with Gasteiger partial charge in [0.1, 0.15) is 0 Å². The Hall–Kier alpha value is -1.99. The Morgan fingerprint density at radius 2 is 1.96 bits per heavy atom. The summed E-state index contributed by atoms with van der Waals surface area (Å²) in [6, 6.07) is 14.8. The zero-order valence-electron chi connectivity index (χ0n) is 14.4. The second-order valence-corrected chi connectivity index (χ2v) is 6.67. The zero-order chi connectivity index (χ0) is 18.4. The van der Waals surface area contributed by atoms with Crippen LogP contribution in [0.3, 0.4) is 0 Å². The Balaban J connectivity index is 1.71. The van der Waals surface area contributed by atoms with Crippen molar-refractivity contribution in [2.75, 3.05) is 32.8 Å². The average Bonchev–Trinajstić information content (AvgIpc) is 2.66. The number of nitrogens with zero attached hydrogens (tertiary/aromatic N) is 2. The van der Waals surface area contributed by atoms with E-state index >= 15 is 0 Å². The molecular weight excluding hydrogens is 354 g/mol. The van der Waals surface area contributed by atoms with Crippen molar-refractivity contribution >= 4 is 17.3 Å².